The van der Waals surface area contributed by atoms with E-state index in [9.17, 15) is 0 Å². The molecule has 0 saturated carbocycles. The number of rotatable bonds is 0. The van der Waals surface area contributed by atoms with Gasteiger partial charge >= 0.3 is 0 Å². The number of hydrogen-bond donors (Lipinski definition) is 0. The van der Waals surface area contributed by atoms with Gasteiger partial charge in [0.1, 0.15) is 0 Å². The summed E-state index contributed by atoms with van der Waals surface area (Å²) in [7, 11) is 0. The van der Waals surface area contributed by atoms with Crippen molar-refractivity contribution in [2.75, 3.05) is 26.4 Å². The van der Waals surface area contributed by atoms with Crippen molar-refractivity contribution >= 4 is 34.0 Å². The average Bonchev–Trinajstić information content (AvgIpc) is 1.72. The Labute approximate surface area is 70.1 Å². The first-order chi connectivity index (χ1) is 3.00. The van der Waals surface area contributed by atoms with Gasteiger partial charge in [-0.25, -0.2) is 0 Å². The molecule has 8 heavy (non-hydrogen) atoms. The number of halogens is 2. The summed E-state index contributed by atoms with van der Waals surface area (Å²) in [4.78, 5) is 0. The van der Waals surface area contributed by atoms with Crippen LogP contribution >= 0.6 is 34.0 Å². The number of hydrogen-bond acceptors (Lipinski definition) is 2. The third-order valence-corrected chi connectivity index (χ3v) is 0.744. The van der Waals surface area contributed by atoms with Crippen molar-refractivity contribution in [2.45, 2.75) is 0 Å². The lowest BCUT2D eigenvalue weighted by Crippen LogP contribution is -2.16. The second kappa shape index (κ2) is 7.88. The third kappa shape index (κ3) is 5.03. The highest BCUT2D eigenvalue weighted by molar-refractivity contribution is 8.93. The van der Waals surface area contributed by atoms with E-state index in [1.807, 2.05) is 0 Å². The average molecular weight is 250 g/mol. The van der Waals surface area contributed by atoms with E-state index in [0.717, 1.165) is 26.4 Å². The predicted octanol–water partition coefficient (Wildman–Crippen LogP) is 1.19. The monoisotopic (exact) mass is 248 g/mol. The Morgan fingerprint density at radius 2 is 0.875 bits per heavy atom. The molecule has 0 atom stereocenters. The zero-order chi connectivity index (χ0) is 4.24. The molecule has 0 aromatic carbocycles. The van der Waals surface area contributed by atoms with Crippen LogP contribution in [0.4, 0.5) is 0 Å². The van der Waals surface area contributed by atoms with Gasteiger partial charge in [-0.2, -0.15) is 0 Å². The lowest BCUT2D eigenvalue weighted by molar-refractivity contribution is -0.0334. The molecule has 0 aromatic rings. The molecule has 0 unspecified atom stereocenters. The van der Waals surface area contributed by atoms with Gasteiger partial charge in [-0.05, 0) is 0 Å². The van der Waals surface area contributed by atoms with Gasteiger partial charge in [0.15, 0.2) is 0 Å². The molecule has 1 aliphatic rings. The highest BCUT2D eigenvalue weighted by atomic mass is 79.9. The van der Waals surface area contributed by atoms with Crippen LogP contribution in [0.5, 0.6) is 0 Å². The molecule has 0 aliphatic carbocycles. The van der Waals surface area contributed by atoms with Gasteiger partial charge in [0.05, 0.1) is 26.4 Å². The Balaban J connectivity index is 0. The van der Waals surface area contributed by atoms with Crippen molar-refractivity contribution in [1.82, 2.24) is 0 Å². The second-order valence-electron chi connectivity index (χ2n) is 1.22. The first-order valence-electron chi connectivity index (χ1n) is 2.15. The summed E-state index contributed by atoms with van der Waals surface area (Å²) < 4.78 is 9.89. The Morgan fingerprint density at radius 3 is 1.00 bits per heavy atom. The summed E-state index contributed by atoms with van der Waals surface area (Å²) in [5.74, 6) is 0. The van der Waals surface area contributed by atoms with E-state index in [0.29, 0.717) is 0 Å². The lowest BCUT2D eigenvalue weighted by Gasteiger charge is -2.09. The first kappa shape index (κ1) is 11.6. The Hall–Kier alpha value is 0.880. The van der Waals surface area contributed by atoms with E-state index in [2.05, 4.69) is 0 Å². The van der Waals surface area contributed by atoms with Crippen molar-refractivity contribution in [1.29, 1.82) is 0 Å². The van der Waals surface area contributed by atoms with Crippen molar-refractivity contribution in [2.24, 2.45) is 0 Å². The maximum atomic E-state index is 4.94. The molecule has 0 amide bonds. The summed E-state index contributed by atoms with van der Waals surface area (Å²) in [5.41, 5.74) is 0. The number of ether oxygens (including phenoxy) is 2. The highest BCUT2D eigenvalue weighted by Gasteiger charge is 1.94. The first-order valence-corrected chi connectivity index (χ1v) is 2.15. The quantitative estimate of drug-likeness (QED) is 0.642. The normalized spacial score (nSPS) is 18.0. The molecule has 0 aromatic heterocycles. The minimum absolute atomic E-state index is 0. The Morgan fingerprint density at radius 1 is 0.625 bits per heavy atom. The fraction of sp³-hybridized carbons (Fsp3) is 1.00. The minimum atomic E-state index is 0. The lowest BCUT2D eigenvalue weighted by atomic mass is 10.6. The van der Waals surface area contributed by atoms with Crippen molar-refractivity contribution in [3.05, 3.63) is 0 Å². The molecule has 0 spiro atoms. The van der Waals surface area contributed by atoms with Crippen molar-refractivity contribution < 1.29 is 9.47 Å². The van der Waals surface area contributed by atoms with Gasteiger partial charge in [0.25, 0.3) is 0 Å². The van der Waals surface area contributed by atoms with E-state index < -0.39 is 0 Å². The molecule has 0 N–H and O–H groups in total. The molecule has 1 heterocycles. The smallest absolute Gasteiger partial charge is 0.0701 e. The van der Waals surface area contributed by atoms with Crippen LogP contribution in [0.2, 0.25) is 0 Å². The standard InChI is InChI=1S/C4H8O2.2BrH/c1-2-6-4-3-5-1;;/h1-4H2;2*1H. The van der Waals surface area contributed by atoms with Crippen LogP contribution in [-0.4, -0.2) is 26.4 Å². The molecule has 1 rings (SSSR count). The molecule has 2 nitrogen and oxygen atoms in total. The maximum Gasteiger partial charge on any atom is 0.0701 e. The largest absolute Gasteiger partial charge is 0.377 e. The summed E-state index contributed by atoms with van der Waals surface area (Å²) >= 11 is 0. The van der Waals surface area contributed by atoms with Crippen molar-refractivity contribution in [3.63, 3.8) is 0 Å². The third-order valence-electron chi connectivity index (χ3n) is 0.744. The molecule has 4 heteroatoms. The van der Waals surface area contributed by atoms with E-state index in [1.54, 1.807) is 0 Å². The zero-order valence-corrected chi connectivity index (χ0v) is 7.89. The van der Waals surface area contributed by atoms with E-state index in [1.165, 1.54) is 0 Å². The maximum absolute atomic E-state index is 4.94. The fourth-order valence-electron chi connectivity index (χ4n) is 0.440. The van der Waals surface area contributed by atoms with Gasteiger partial charge in [-0.15, -0.1) is 34.0 Å². The van der Waals surface area contributed by atoms with Crippen LogP contribution in [0.15, 0.2) is 0 Å². The van der Waals surface area contributed by atoms with Gasteiger partial charge in [0, 0.05) is 0 Å². The van der Waals surface area contributed by atoms with Crippen LogP contribution in [0.1, 0.15) is 0 Å². The summed E-state index contributed by atoms with van der Waals surface area (Å²) in [5, 5.41) is 0. The van der Waals surface area contributed by atoms with Crippen LogP contribution in [0.3, 0.4) is 0 Å². The molecule has 1 aliphatic heterocycles. The van der Waals surface area contributed by atoms with E-state index >= 15 is 0 Å². The molecule has 0 radical (unpaired) electrons. The summed E-state index contributed by atoms with van der Waals surface area (Å²) in [6, 6.07) is 0. The Bertz CT molecular complexity index is 27.5. The predicted molar refractivity (Wildman–Crippen MR) is 42.3 cm³/mol. The molecule has 0 bridgehead atoms. The van der Waals surface area contributed by atoms with Crippen molar-refractivity contribution in [3.8, 4) is 0 Å². The van der Waals surface area contributed by atoms with E-state index in [-0.39, 0.29) is 34.0 Å². The van der Waals surface area contributed by atoms with Gasteiger partial charge < -0.3 is 9.47 Å². The van der Waals surface area contributed by atoms with Crippen LogP contribution in [-0.2, 0) is 9.47 Å². The SMILES string of the molecule is Br.Br.C1COCCO1. The fourth-order valence-corrected chi connectivity index (χ4v) is 0.440. The molecular formula is C4H10Br2O2. The minimum Gasteiger partial charge on any atom is -0.377 e. The second-order valence-corrected chi connectivity index (χ2v) is 1.22. The molecular weight excluding hydrogens is 240 g/mol. The van der Waals surface area contributed by atoms with Gasteiger partial charge in [-0.3, -0.25) is 0 Å². The topological polar surface area (TPSA) is 18.5 Å². The van der Waals surface area contributed by atoms with Gasteiger partial charge in [-0.1, -0.05) is 0 Å². The highest BCUT2D eigenvalue weighted by Crippen LogP contribution is 1.85. The molecule has 1 saturated heterocycles. The summed E-state index contributed by atoms with van der Waals surface area (Å²) in [6.45, 7) is 3.11. The van der Waals surface area contributed by atoms with Crippen LogP contribution in [0, 0.1) is 0 Å². The van der Waals surface area contributed by atoms with Crippen LogP contribution < -0.4 is 0 Å². The van der Waals surface area contributed by atoms with Gasteiger partial charge in [0.2, 0.25) is 0 Å². The summed E-state index contributed by atoms with van der Waals surface area (Å²) in [6.07, 6.45) is 0. The van der Waals surface area contributed by atoms with E-state index in [4.69, 9.17) is 9.47 Å². The van der Waals surface area contributed by atoms with Crippen LogP contribution in [0.25, 0.3) is 0 Å². The molecule has 1 fully saturated rings. The zero-order valence-electron chi connectivity index (χ0n) is 4.46. The Kier molecular flexibility index (Phi) is 11.5. The molecule has 52 valence electrons.